The van der Waals surface area contributed by atoms with Gasteiger partial charge >= 0.3 is 0 Å². The Morgan fingerprint density at radius 2 is 1.88 bits per heavy atom. The van der Waals surface area contributed by atoms with E-state index in [1.54, 1.807) is 8.61 Å². The van der Waals surface area contributed by atoms with Crippen molar-refractivity contribution in [3.8, 4) is 0 Å². The van der Waals surface area contributed by atoms with Crippen LogP contribution < -0.4 is 0 Å². The highest BCUT2D eigenvalue weighted by Gasteiger charge is 2.38. The van der Waals surface area contributed by atoms with Crippen molar-refractivity contribution in [1.29, 1.82) is 0 Å². The number of nitrogens with one attached hydrogen (secondary N) is 1. The molecule has 1 N–H and O–H groups in total. The summed E-state index contributed by atoms with van der Waals surface area (Å²) in [6.07, 6.45) is 2.83. The van der Waals surface area contributed by atoms with E-state index in [-0.39, 0.29) is 6.04 Å². The van der Waals surface area contributed by atoms with Gasteiger partial charge < -0.3 is 9.72 Å². The third-order valence-electron chi connectivity index (χ3n) is 4.96. The normalized spacial score (nSPS) is 24.4. The fourth-order valence-electron chi connectivity index (χ4n) is 3.69. The molecule has 2 fully saturated rings. The van der Waals surface area contributed by atoms with Crippen molar-refractivity contribution in [3.05, 3.63) is 36.0 Å². The molecule has 0 radical (unpaired) electrons. The SMILES string of the molecule is O=S(=O)(N1CCOCC1)N1CCCC[C@@H]1c1cc2ccccc2[nH]1. The number of nitrogens with zero attached hydrogens (tertiary/aromatic N) is 2. The first kappa shape index (κ1) is 16.1. The summed E-state index contributed by atoms with van der Waals surface area (Å²) in [7, 11) is -3.45. The van der Waals surface area contributed by atoms with Crippen molar-refractivity contribution in [2.75, 3.05) is 32.8 Å². The first-order valence-corrected chi connectivity index (χ1v) is 9.98. The molecule has 24 heavy (non-hydrogen) atoms. The molecule has 2 saturated heterocycles. The zero-order valence-electron chi connectivity index (χ0n) is 13.6. The van der Waals surface area contributed by atoms with Gasteiger partial charge in [0.1, 0.15) is 0 Å². The van der Waals surface area contributed by atoms with Crippen LogP contribution in [0.5, 0.6) is 0 Å². The highest BCUT2D eigenvalue weighted by Crippen LogP contribution is 2.35. The summed E-state index contributed by atoms with van der Waals surface area (Å²) >= 11 is 0. The van der Waals surface area contributed by atoms with E-state index in [0.29, 0.717) is 32.8 Å². The van der Waals surface area contributed by atoms with Gasteiger partial charge in [-0.3, -0.25) is 0 Å². The first-order valence-electron chi connectivity index (χ1n) is 8.58. The number of H-pyrrole nitrogens is 1. The molecule has 130 valence electrons. The number of fused-ring (bicyclic) bond motifs is 1. The summed E-state index contributed by atoms with van der Waals surface area (Å²) < 4.78 is 34.8. The molecule has 0 saturated carbocycles. The minimum atomic E-state index is -3.45. The summed E-state index contributed by atoms with van der Waals surface area (Å²) in [6, 6.07) is 10.1. The Bertz CT molecular complexity index is 778. The van der Waals surface area contributed by atoms with Crippen LogP contribution >= 0.6 is 0 Å². The number of piperidine rings is 1. The molecule has 1 aromatic heterocycles. The predicted octanol–water partition coefficient (Wildman–Crippen LogP) is 2.27. The van der Waals surface area contributed by atoms with Crippen molar-refractivity contribution in [2.45, 2.75) is 25.3 Å². The lowest BCUT2D eigenvalue weighted by Crippen LogP contribution is -2.50. The van der Waals surface area contributed by atoms with Crippen LogP contribution in [0.25, 0.3) is 10.9 Å². The van der Waals surface area contributed by atoms with Gasteiger partial charge in [0.25, 0.3) is 10.2 Å². The van der Waals surface area contributed by atoms with E-state index in [0.717, 1.165) is 35.9 Å². The van der Waals surface area contributed by atoms with Crippen molar-refractivity contribution < 1.29 is 13.2 Å². The second-order valence-electron chi connectivity index (χ2n) is 6.45. The summed E-state index contributed by atoms with van der Waals surface area (Å²) in [6.45, 7) is 2.42. The molecule has 0 unspecified atom stereocenters. The van der Waals surface area contributed by atoms with Gasteiger partial charge in [-0.2, -0.15) is 17.0 Å². The van der Waals surface area contributed by atoms with E-state index < -0.39 is 10.2 Å². The van der Waals surface area contributed by atoms with Crippen LogP contribution in [0.1, 0.15) is 31.0 Å². The number of hydrogen-bond donors (Lipinski definition) is 1. The maximum absolute atomic E-state index is 13.1. The third kappa shape index (κ3) is 2.86. The number of morpholine rings is 1. The maximum atomic E-state index is 13.1. The van der Waals surface area contributed by atoms with E-state index >= 15 is 0 Å². The van der Waals surface area contributed by atoms with Gasteiger partial charge in [-0.05, 0) is 30.4 Å². The quantitative estimate of drug-likeness (QED) is 0.924. The predicted molar refractivity (Wildman–Crippen MR) is 92.9 cm³/mol. The smallest absolute Gasteiger partial charge is 0.282 e. The van der Waals surface area contributed by atoms with Crippen LogP contribution in [-0.4, -0.2) is 54.9 Å². The minimum Gasteiger partial charge on any atom is -0.379 e. The topological polar surface area (TPSA) is 65.6 Å². The molecule has 1 atom stereocenters. The van der Waals surface area contributed by atoms with Crippen LogP contribution in [-0.2, 0) is 14.9 Å². The molecule has 2 aliphatic heterocycles. The molecular weight excluding hydrogens is 326 g/mol. The van der Waals surface area contributed by atoms with E-state index in [1.165, 1.54) is 0 Å². The second kappa shape index (κ2) is 6.48. The Balaban J connectivity index is 1.67. The number of benzene rings is 1. The number of hydrogen-bond acceptors (Lipinski definition) is 3. The number of aromatic amines is 1. The van der Waals surface area contributed by atoms with Crippen molar-refractivity contribution in [2.24, 2.45) is 0 Å². The number of ether oxygens (including phenoxy) is 1. The molecular formula is C17H23N3O3S. The maximum Gasteiger partial charge on any atom is 0.282 e. The Labute approximate surface area is 142 Å². The van der Waals surface area contributed by atoms with Crippen molar-refractivity contribution in [1.82, 2.24) is 13.6 Å². The molecule has 0 bridgehead atoms. The van der Waals surface area contributed by atoms with Gasteiger partial charge in [-0.15, -0.1) is 0 Å². The van der Waals surface area contributed by atoms with E-state index in [1.807, 2.05) is 18.2 Å². The van der Waals surface area contributed by atoms with Crippen LogP contribution in [0.15, 0.2) is 30.3 Å². The van der Waals surface area contributed by atoms with Crippen LogP contribution in [0.2, 0.25) is 0 Å². The number of para-hydroxylation sites is 1. The van der Waals surface area contributed by atoms with Gasteiger partial charge in [-0.25, -0.2) is 0 Å². The highest BCUT2D eigenvalue weighted by molar-refractivity contribution is 7.86. The van der Waals surface area contributed by atoms with Crippen LogP contribution in [0, 0.1) is 0 Å². The Morgan fingerprint density at radius 1 is 1.08 bits per heavy atom. The zero-order valence-corrected chi connectivity index (χ0v) is 14.5. The van der Waals surface area contributed by atoms with Gasteiger partial charge in [0.2, 0.25) is 0 Å². The molecule has 2 aromatic rings. The van der Waals surface area contributed by atoms with Gasteiger partial charge in [0.15, 0.2) is 0 Å². The molecule has 0 aliphatic carbocycles. The van der Waals surface area contributed by atoms with Crippen LogP contribution in [0.3, 0.4) is 0 Å². The molecule has 6 nitrogen and oxygen atoms in total. The molecule has 4 rings (SSSR count). The van der Waals surface area contributed by atoms with Gasteiger partial charge in [-0.1, -0.05) is 24.6 Å². The lowest BCUT2D eigenvalue weighted by Gasteiger charge is -2.38. The summed E-state index contributed by atoms with van der Waals surface area (Å²) in [5, 5.41) is 1.13. The van der Waals surface area contributed by atoms with Gasteiger partial charge in [0.05, 0.1) is 19.3 Å². The fourth-order valence-corrected chi connectivity index (χ4v) is 5.50. The largest absolute Gasteiger partial charge is 0.379 e. The average molecular weight is 349 g/mol. The average Bonchev–Trinajstić information content (AvgIpc) is 3.06. The lowest BCUT2D eigenvalue weighted by molar-refractivity contribution is 0.0681. The minimum absolute atomic E-state index is 0.112. The third-order valence-corrected chi connectivity index (χ3v) is 7.00. The van der Waals surface area contributed by atoms with Gasteiger partial charge in [0, 0.05) is 30.8 Å². The second-order valence-corrected chi connectivity index (χ2v) is 8.33. The van der Waals surface area contributed by atoms with Crippen molar-refractivity contribution >= 4 is 21.1 Å². The fraction of sp³-hybridized carbons (Fsp3) is 0.529. The highest BCUT2D eigenvalue weighted by atomic mass is 32.2. The molecule has 0 spiro atoms. The van der Waals surface area contributed by atoms with Crippen LogP contribution in [0.4, 0.5) is 0 Å². The monoisotopic (exact) mass is 349 g/mol. The Kier molecular flexibility index (Phi) is 4.34. The van der Waals surface area contributed by atoms with E-state index in [4.69, 9.17) is 4.74 Å². The van der Waals surface area contributed by atoms with E-state index in [2.05, 4.69) is 17.1 Å². The first-order chi connectivity index (χ1) is 11.7. The van der Waals surface area contributed by atoms with Crippen molar-refractivity contribution in [3.63, 3.8) is 0 Å². The summed E-state index contributed by atoms with van der Waals surface area (Å²) in [5.41, 5.74) is 2.05. The number of rotatable bonds is 3. The summed E-state index contributed by atoms with van der Waals surface area (Å²) in [5.74, 6) is 0. The standard InChI is InChI=1S/C17H23N3O3S/c21-24(22,19-9-11-23-12-10-19)20-8-4-3-7-17(20)16-13-14-5-1-2-6-15(14)18-16/h1-2,5-6,13,17-18H,3-4,7-12H2/t17-/m1/s1. The molecule has 7 heteroatoms. The lowest BCUT2D eigenvalue weighted by atomic mass is 10.0. The molecule has 2 aliphatic rings. The Hall–Kier alpha value is -1.41. The molecule has 1 aromatic carbocycles. The number of aromatic nitrogens is 1. The van der Waals surface area contributed by atoms with E-state index in [9.17, 15) is 8.42 Å². The summed E-state index contributed by atoms with van der Waals surface area (Å²) in [4.78, 5) is 3.42. The zero-order chi connectivity index (χ0) is 16.6. The molecule has 0 amide bonds. The Morgan fingerprint density at radius 3 is 2.67 bits per heavy atom. The molecule has 3 heterocycles.